The Balaban J connectivity index is 1.68. The Morgan fingerprint density at radius 1 is 1.03 bits per heavy atom. The van der Waals surface area contributed by atoms with Crippen LogP contribution in [0.2, 0.25) is 0 Å². The minimum Gasteiger partial charge on any atom is -0.326 e. The minimum absolute atomic E-state index is 0.135. The molecule has 0 aliphatic rings. The topological polar surface area (TPSA) is 59.3 Å². The molecule has 2 aromatic heterocycles. The van der Waals surface area contributed by atoms with Gasteiger partial charge in [0.2, 0.25) is 5.91 Å². The lowest BCUT2D eigenvalue weighted by Crippen LogP contribution is -2.18. The van der Waals surface area contributed by atoms with Gasteiger partial charge in [-0.2, -0.15) is 5.10 Å². The fraction of sp³-hybridized carbons (Fsp3) is 0.208. The number of amides is 1. The Hall–Kier alpha value is -3.54. The zero-order valence-electron chi connectivity index (χ0n) is 17.5. The predicted octanol–water partition coefficient (Wildman–Crippen LogP) is 4.95. The molecule has 0 saturated carbocycles. The average Bonchev–Trinajstić information content (AvgIpc) is 3.04. The van der Waals surface area contributed by atoms with E-state index in [2.05, 4.69) is 10.4 Å². The second-order valence-electron chi connectivity index (χ2n) is 7.51. The van der Waals surface area contributed by atoms with Crippen molar-refractivity contribution in [2.45, 2.75) is 34.1 Å². The Bertz CT molecular complexity index is 1260. The number of carbonyl (C=O) groups excluding carboxylic acids is 1. The Labute approximate surface area is 174 Å². The highest BCUT2D eigenvalue weighted by Gasteiger charge is 2.19. The molecule has 0 unspecified atom stereocenters. The van der Waals surface area contributed by atoms with E-state index >= 15 is 0 Å². The first-order valence-corrected chi connectivity index (χ1v) is 9.82. The second-order valence-corrected chi connectivity index (χ2v) is 7.51. The number of nitrogens with zero attached hydrogens (tertiary/aromatic N) is 3. The summed E-state index contributed by atoms with van der Waals surface area (Å²) >= 11 is 0. The molecule has 152 valence electrons. The standard InChI is InChI=1S/C24H23FN4O/c1-14-10-11-19(12-21(14)25)27-22(30)13-20-15(2)26-24-23(18-8-6-5-7-9-18)16(3)28-29(24)17(20)4/h5-12H,13H2,1-4H3,(H,27,30). The van der Waals surface area contributed by atoms with Gasteiger partial charge < -0.3 is 5.32 Å². The van der Waals surface area contributed by atoms with Crippen molar-refractivity contribution in [1.82, 2.24) is 14.6 Å². The van der Waals surface area contributed by atoms with Gasteiger partial charge in [0.15, 0.2) is 5.65 Å². The van der Waals surface area contributed by atoms with Crippen LogP contribution in [0.25, 0.3) is 16.8 Å². The maximum absolute atomic E-state index is 13.8. The van der Waals surface area contributed by atoms with Gasteiger partial charge in [-0.25, -0.2) is 13.9 Å². The number of hydrogen-bond acceptors (Lipinski definition) is 3. The van der Waals surface area contributed by atoms with Crippen molar-refractivity contribution < 1.29 is 9.18 Å². The van der Waals surface area contributed by atoms with Crippen LogP contribution < -0.4 is 5.32 Å². The number of anilines is 1. The van der Waals surface area contributed by atoms with Gasteiger partial charge in [0, 0.05) is 28.2 Å². The molecule has 0 fully saturated rings. The van der Waals surface area contributed by atoms with Gasteiger partial charge in [-0.1, -0.05) is 36.4 Å². The van der Waals surface area contributed by atoms with Crippen LogP contribution in [-0.4, -0.2) is 20.5 Å². The van der Waals surface area contributed by atoms with E-state index in [0.717, 1.165) is 39.4 Å². The van der Waals surface area contributed by atoms with Crippen molar-refractivity contribution in [2.24, 2.45) is 0 Å². The van der Waals surface area contributed by atoms with Crippen LogP contribution in [0.5, 0.6) is 0 Å². The molecule has 2 heterocycles. The SMILES string of the molecule is Cc1ccc(NC(=O)Cc2c(C)nc3c(-c4ccccc4)c(C)nn3c2C)cc1F. The van der Waals surface area contributed by atoms with Crippen LogP contribution in [0.15, 0.2) is 48.5 Å². The third-order valence-electron chi connectivity index (χ3n) is 5.36. The summed E-state index contributed by atoms with van der Waals surface area (Å²) in [5.74, 6) is -0.568. The van der Waals surface area contributed by atoms with Crippen molar-refractivity contribution in [3.63, 3.8) is 0 Å². The number of fused-ring (bicyclic) bond motifs is 1. The van der Waals surface area contributed by atoms with E-state index in [-0.39, 0.29) is 18.1 Å². The number of rotatable bonds is 4. The highest BCUT2D eigenvalue weighted by molar-refractivity contribution is 5.92. The van der Waals surface area contributed by atoms with Gasteiger partial charge in [-0.15, -0.1) is 0 Å². The lowest BCUT2D eigenvalue weighted by atomic mass is 10.1. The van der Waals surface area contributed by atoms with Gasteiger partial charge in [0.05, 0.1) is 12.1 Å². The predicted molar refractivity (Wildman–Crippen MR) is 116 cm³/mol. The summed E-state index contributed by atoms with van der Waals surface area (Å²) in [5.41, 5.74) is 7.15. The third-order valence-corrected chi connectivity index (χ3v) is 5.36. The molecule has 30 heavy (non-hydrogen) atoms. The molecule has 6 heteroatoms. The van der Waals surface area contributed by atoms with Gasteiger partial charge >= 0.3 is 0 Å². The van der Waals surface area contributed by atoms with Crippen molar-refractivity contribution in [1.29, 1.82) is 0 Å². The van der Waals surface area contributed by atoms with Crippen molar-refractivity contribution >= 4 is 17.2 Å². The van der Waals surface area contributed by atoms with Gasteiger partial charge in [0.25, 0.3) is 0 Å². The number of benzene rings is 2. The van der Waals surface area contributed by atoms with E-state index in [1.165, 1.54) is 6.07 Å². The van der Waals surface area contributed by atoms with E-state index in [4.69, 9.17) is 4.98 Å². The first-order chi connectivity index (χ1) is 14.3. The molecule has 0 bridgehead atoms. The van der Waals surface area contributed by atoms with Crippen LogP contribution in [-0.2, 0) is 11.2 Å². The quantitative estimate of drug-likeness (QED) is 0.525. The molecule has 0 atom stereocenters. The van der Waals surface area contributed by atoms with Crippen molar-refractivity contribution in [2.75, 3.05) is 5.32 Å². The van der Waals surface area contributed by atoms with E-state index in [1.807, 2.05) is 51.1 Å². The molecule has 1 amide bonds. The summed E-state index contributed by atoms with van der Waals surface area (Å²) in [6.07, 6.45) is 0.135. The zero-order chi connectivity index (χ0) is 21.4. The molecule has 0 radical (unpaired) electrons. The molecule has 4 aromatic rings. The highest BCUT2D eigenvalue weighted by Crippen LogP contribution is 2.29. The zero-order valence-corrected chi connectivity index (χ0v) is 17.5. The Morgan fingerprint density at radius 3 is 2.47 bits per heavy atom. The first kappa shape index (κ1) is 19.8. The number of hydrogen-bond donors (Lipinski definition) is 1. The monoisotopic (exact) mass is 402 g/mol. The van der Waals surface area contributed by atoms with E-state index < -0.39 is 0 Å². The smallest absolute Gasteiger partial charge is 0.228 e. The molecule has 2 aromatic carbocycles. The van der Waals surface area contributed by atoms with E-state index in [9.17, 15) is 9.18 Å². The summed E-state index contributed by atoms with van der Waals surface area (Å²) in [7, 11) is 0. The molecular weight excluding hydrogens is 379 g/mol. The molecule has 1 N–H and O–H groups in total. The molecular formula is C24H23FN4O. The number of halogens is 1. The number of aryl methyl sites for hydroxylation is 4. The normalized spacial score (nSPS) is 11.1. The summed E-state index contributed by atoms with van der Waals surface area (Å²) in [6.45, 7) is 7.49. The molecule has 0 spiro atoms. The van der Waals surface area contributed by atoms with Crippen LogP contribution in [0.3, 0.4) is 0 Å². The molecule has 4 rings (SSSR count). The highest BCUT2D eigenvalue weighted by atomic mass is 19.1. The maximum atomic E-state index is 13.8. The van der Waals surface area contributed by atoms with Crippen molar-refractivity contribution in [3.05, 3.63) is 82.6 Å². The lowest BCUT2D eigenvalue weighted by Gasteiger charge is -2.12. The van der Waals surface area contributed by atoms with Gasteiger partial charge in [0.1, 0.15) is 5.82 Å². The summed E-state index contributed by atoms with van der Waals surface area (Å²) in [6, 6.07) is 14.7. The van der Waals surface area contributed by atoms with Crippen LogP contribution in [0.1, 0.15) is 28.2 Å². The molecule has 0 aliphatic carbocycles. The molecule has 5 nitrogen and oxygen atoms in total. The average molecular weight is 402 g/mol. The second kappa shape index (κ2) is 7.71. The largest absolute Gasteiger partial charge is 0.326 e. The summed E-state index contributed by atoms with van der Waals surface area (Å²) < 4.78 is 15.6. The Kier molecular flexibility index (Phi) is 5.08. The Morgan fingerprint density at radius 2 is 1.77 bits per heavy atom. The molecule has 0 saturated heterocycles. The summed E-state index contributed by atoms with van der Waals surface area (Å²) in [5, 5.41) is 7.44. The third kappa shape index (κ3) is 3.56. The van der Waals surface area contributed by atoms with E-state index in [1.54, 1.807) is 23.6 Å². The van der Waals surface area contributed by atoms with E-state index in [0.29, 0.717) is 11.3 Å². The fourth-order valence-electron chi connectivity index (χ4n) is 3.70. The van der Waals surface area contributed by atoms with Crippen LogP contribution in [0.4, 0.5) is 10.1 Å². The van der Waals surface area contributed by atoms with Crippen LogP contribution >= 0.6 is 0 Å². The number of nitrogens with one attached hydrogen (secondary N) is 1. The van der Waals surface area contributed by atoms with Crippen LogP contribution in [0, 0.1) is 33.5 Å². The summed E-state index contributed by atoms with van der Waals surface area (Å²) in [4.78, 5) is 17.4. The fourth-order valence-corrected chi connectivity index (χ4v) is 3.70. The lowest BCUT2D eigenvalue weighted by molar-refractivity contribution is -0.115. The van der Waals surface area contributed by atoms with Gasteiger partial charge in [-0.3, -0.25) is 4.79 Å². The maximum Gasteiger partial charge on any atom is 0.228 e. The number of carbonyl (C=O) groups is 1. The minimum atomic E-state index is -0.344. The van der Waals surface area contributed by atoms with Crippen molar-refractivity contribution in [3.8, 4) is 11.1 Å². The van der Waals surface area contributed by atoms with Gasteiger partial charge in [-0.05, 0) is 51.0 Å². The first-order valence-electron chi connectivity index (χ1n) is 9.82. The molecule has 0 aliphatic heterocycles. The number of aromatic nitrogens is 3.